The average molecular weight is 263 g/mol. The smallest absolute Gasteiger partial charge is 0.0184 e. The van der Waals surface area contributed by atoms with E-state index in [2.05, 4.69) is 44.3 Å². The molecule has 100 valence electrons. The van der Waals surface area contributed by atoms with Crippen molar-refractivity contribution in [2.75, 3.05) is 12.3 Å². The van der Waals surface area contributed by atoms with Crippen molar-refractivity contribution in [3.05, 3.63) is 29.3 Å². The number of fused-ring (bicyclic) bond motifs is 1. The predicted octanol–water partition coefficient (Wildman–Crippen LogP) is 3.90. The maximum Gasteiger partial charge on any atom is 0.0184 e. The van der Waals surface area contributed by atoms with Crippen molar-refractivity contribution < 1.29 is 0 Å². The molecule has 0 heterocycles. The molecule has 0 radical (unpaired) electrons. The molecule has 1 aromatic carbocycles. The summed E-state index contributed by atoms with van der Waals surface area (Å²) < 4.78 is 0. The van der Waals surface area contributed by atoms with Gasteiger partial charge in [-0.1, -0.05) is 26.8 Å². The van der Waals surface area contributed by atoms with Crippen molar-refractivity contribution in [1.29, 1.82) is 0 Å². The van der Waals surface area contributed by atoms with E-state index in [1.54, 1.807) is 11.1 Å². The zero-order valence-electron chi connectivity index (χ0n) is 11.8. The molecule has 0 spiro atoms. The Labute approximate surface area is 116 Å². The first kappa shape index (κ1) is 14.0. The van der Waals surface area contributed by atoms with Crippen LogP contribution in [0.5, 0.6) is 0 Å². The van der Waals surface area contributed by atoms with Crippen LogP contribution in [0.3, 0.4) is 0 Å². The van der Waals surface area contributed by atoms with E-state index in [0.717, 1.165) is 6.54 Å². The highest BCUT2D eigenvalue weighted by Crippen LogP contribution is 2.28. The third kappa shape index (κ3) is 3.52. The Kier molecular flexibility index (Phi) is 5.13. The number of hydrogen-bond acceptors (Lipinski definition) is 2. The number of rotatable bonds is 6. The minimum absolute atomic E-state index is 0.619. The van der Waals surface area contributed by atoms with Crippen LogP contribution < -0.4 is 5.32 Å². The lowest BCUT2D eigenvalue weighted by Crippen LogP contribution is -2.35. The van der Waals surface area contributed by atoms with Crippen LogP contribution in [0.4, 0.5) is 0 Å². The first-order chi connectivity index (χ1) is 8.70. The highest BCUT2D eigenvalue weighted by Gasteiger charge is 2.14. The third-order valence-corrected chi connectivity index (χ3v) is 4.88. The molecule has 0 aromatic heterocycles. The third-order valence-electron chi connectivity index (χ3n) is 3.77. The molecule has 1 N–H and O–H groups in total. The molecular weight excluding hydrogens is 238 g/mol. The summed E-state index contributed by atoms with van der Waals surface area (Å²) >= 11 is 2.00. The van der Waals surface area contributed by atoms with Crippen molar-refractivity contribution in [3.8, 4) is 0 Å². The monoisotopic (exact) mass is 263 g/mol. The van der Waals surface area contributed by atoms with Gasteiger partial charge in [-0.05, 0) is 55.0 Å². The molecule has 0 aliphatic heterocycles. The standard InChI is InChI=1S/C16H25NS/c1-4-17-16(12(2)3)11-18-15-9-8-13-6-5-7-14(13)10-15/h8-10,12,16-17H,4-7,11H2,1-3H3. The minimum Gasteiger partial charge on any atom is -0.313 e. The lowest BCUT2D eigenvalue weighted by atomic mass is 10.1. The van der Waals surface area contributed by atoms with Gasteiger partial charge in [-0.2, -0.15) is 0 Å². The fourth-order valence-corrected chi connectivity index (χ4v) is 3.84. The summed E-state index contributed by atoms with van der Waals surface area (Å²) in [5.74, 6) is 1.87. The van der Waals surface area contributed by atoms with E-state index in [0.29, 0.717) is 12.0 Å². The highest BCUT2D eigenvalue weighted by molar-refractivity contribution is 7.99. The van der Waals surface area contributed by atoms with Crippen molar-refractivity contribution in [2.24, 2.45) is 5.92 Å². The van der Waals surface area contributed by atoms with Crippen LogP contribution in [0.1, 0.15) is 38.3 Å². The molecule has 0 saturated heterocycles. The Morgan fingerprint density at radius 2 is 2.00 bits per heavy atom. The molecule has 1 unspecified atom stereocenters. The average Bonchev–Trinajstić information content (AvgIpc) is 2.81. The van der Waals surface area contributed by atoms with E-state index in [4.69, 9.17) is 0 Å². The predicted molar refractivity (Wildman–Crippen MR) is 81.5 cm³/mol. The van der Waals surface area contributed by atoms with Crippen LogP contribution in [0, 0.1) is 5.92 Å². The molecule has 1 nitrogen and oxygen atoms in total. The summed E-state index contributed by atoms with van der Waals surface area (Å²) in [7, 11) is 0. The largest absolute Gasteiger partial charge is 0.313 e. The SMILES string of the molecule is CCNC(CSc1ccc2c(c1)CCC2)C(C)C. The van der Waals surface area contributed by atoms with Gasteiger partial charge in [-0.25, -0.2) is 0 Å². The summed E-state index contributed by atoms with van der Waals surface area (Å²) in [4.78, 5) is 1.44. The number of hydrogen-bond donors (Lipinski definition) is 1. The fourth-order valence-electron chi connectivity index (χ4n) is 2.57. The number of aryl methyl sites for hydroxylation is 2. The molecule has 18 heavy (non-hydrogen) atoms. The zero-order chi connectivity index (χ0) is 13.0. The molecule has 1 atom stereocenters. The number of benzene rings is 1. The van der Waals surface area contributed by atoms with Crippen molar-refractivity contribution >= 4 is 11.8 Å². The number of thioether (sulfide) groups is 1. The summed E-state index contributed by atoms with van der Waals surface area (Å²) in [6.07, 6.45) is 3.91. The molecule has 1 aromatic rings. The van der Waals surface area contributed by atoms with Gasteiger partial charge in [-0.15, -0.1) is 11.8 Å². The quantitative estimate of drug-likeness (QED) is 0.781. The second-order valence-electron chi connectivity index (χ2n) is 5.50. The Hall–Kier alpha value is -0.470. The summed E-state index contributed by atoms with van der Waals surface area (Å²) in [6, 6.07) is 7.67. The van der Waals surface area contributed by atoms with Gasteiger partial charge in [0.1, 0.15) is 0 Å². The van der Waals surface area contributed by atoms with Crippen LogP contribution in [0.15, 0.2) is 23.1 Å². The maximum absolute atomic E-state index is 3.58. The van der Waals surface area contributed by atoms with Gasteiger partial charge >= 0.3 is 0 Å². The molecule has 2 heteroatoms. The molecule has 1 aliphatic rings. The Bertz CT molecular complexity index is 387. The van der Waals surface area contributed by atoms with Crippen LogP contribution in [0.2, 0.25) is 0 Å². The van der Waals surface area contributed by atoms with Crippen LogP contribution >= 0.6 is 11.8 Å². The van der Waals surface area contributed by atoms with Gasteiger partial charge in [0.05, 0.1) is 0 Å². The molecule has 2 rings (SSSR count). The molecule has 0 fully saturated rings. The highest BCUT2D eigenvalue weighted by atomic mass is 32.2. The zero-order valence-corrected chi connectivity index (χ0v) is 12.6. The summed E-state index contributed by atoms with van der Waals surface area (Å²) in [5.41, 5.74) is 3.16. The van der Waals surface area contributed by atoms with Crippen molar-refractivity contribution in [1.82, 2.24) is 5.32 Å². The van der Waals surface area contributed by atoms with Crippen LogP contribution in [0.25, 0.3) is 0 Å². The van der Waals surface area contributed by atoms with Gasteiger partial charge in [0, 0.05) is 16.7 Å². The molecule has 0 bridgehead atoms. The lowest BCUT2D eigenvalue weighted by molar-refractivity contribution is 0.443. The molecule has 1 aliphatic carbocycles. The van der Waals surface area contributed by atoms with Crippen molar-refractivity contribution in [2.45, 2.75) is 51.0 Å². The van der Waals surface area contributed by atoms with E-state index in [-0.39, 0.29) is 0 Å². The van der Waals surface area contributed by atoms with E-state index < -0.39 is 0 Å². The van der Waals surface area contributed by atoms with E-state index in [9.17, 15) is 0 Å². The number of nitrogens with one attached hydrogen (secondary N) is 1. The van der Waals surface area contributed by atoms with Gasteiger partial charge in [0.2, 0.25) is 0 Å². The van der Waals surface area contributed by atoms with Crippen LogP contribution in [-0.2, 0) is 12.8 Å². The van der Waals surface area contributed by atoms with E-state index in [1.165, 1.54) is 29.9 Å². The molecule has 0 saturated carbocycles. The first-order valence-corrected chi connectivity index (χ1v) is 8.17. The van der Waals surface area contributed by atoms with Gasteiger partial charge < -0.3 is 5.32 Å². The van der Waals surface area contributed by atoms with E-state index >= 15 is 0 Å². The van der Waals surface area contributed by atoms with Crippen LogP contribution in [-0.4, -0.2) is 18.3 Å². The van der Waals surface area contributed by atoms with Gasteiger partial charge in [-0.3, -0.25) is 0 Å². The van der Waals surface area contributed by atoms with E-state index in [1.807, 2.05) is 11.8 Å². The second-order valence-corrected chi connectivity index (χ2v) is 6.60. The van der Waals surface area contributed by atoms with Gasteiger partial charge in [0.15, 0.2) is 0 Å². The first-order valence-electron chi connectivity index (χ1n) is 7.18. The topological polar surface area (TPSA) is 12.0 Å². The Balaban J connectivity index is 1.93. The maximum atomic E-state index is 3.58. The Morgan fingerprint density at radius 3 is 2.72 bits per heavy atom. The second kappa shape index (κ2) is 6.63. The Morgan fingerprint density at radius 1 is 1.22 bits per heavy atom. The summed E-state index contributed by atoms with van der Waals surface area (Å²) in [5, 5.41) is 3.58. The minimum atomic E-state index is 0.619. The summed E-state index contributed by atoms with van der Waals surface area (Å²) in [6.45, 7) is 7.86. The van der Waals surface area contributed by atoms with Crippen molar-refractivity contribution in [3.63, 3.8) is 0 Å². The normalized spacial score (nSPS) is 16.0. The van der Waals surface area contributed by atoms with Gasteiger partial charge in [0.25, 0.3) is 0 Å². The molecule has 0 amide bonds. The lowest BCUT2D eigenvalue weighted by Gasteiger charge is -2.21. The fraction of sp³-hybridized carbons (Fsp3) is 0.625. The molecular formula is C16H25NS.